The quantitative estimate of drug-likeness (QED) is 0.674. The Morgan fingerprint density at radius 2 is 2.00 bits per heavy atom. The largest absolute Gasteiger partial charge is 0.306 e. The zero-order valence-corrected chi connectivity index (χ0v) is 15.1. The van der Waals surface area contributed by atoms with E-state index in [0.717, 1.165) is 26.9 Å². The molecule has 0 aliphatic carbocycles. The fourth-order valence-electron chi connectivity index (χ4n) is 2.13. The first-order valence-corrected chi connectivity index (χ1v) is 9.35. The van der Waals surface area contributed by atoms with Crippen molar-refractivity contribution >= 4 is 34.8 Å². The van der Waals surface area contributed by atoms with Crippen molar-refractivity contribution in [1.29, 1.82) is 0 Å². The molecule has 0 saturated heterocycles. The summed E-state index contributed by atoms with van der Waals surface area (Å²) >= 11 is 3.38. The number of nitrogens with one attached hydrogen (secondary N) is 1. The highest BCUT2D eigenvalue weighted by molar-refractivity contribution is 7.98. The van der Waals surface area contributed by atoms with Gasteiger partial charge in [0.05, 0.1) is 10.7 Å². The number of amides is 1. The number of rotatable bonds is 5. The Balaban J connectivity index is 1.61. The van der Waals surface area contributed by atoms with Crippen molar-refractivity contribution in [2.24, 2.45) is 0 Å². The third-order valence-electron chi connectivity index (χ3n) is 3.41. The summed E-state index contributed by atoms with van der Waals surface area (Å²) in [6.07, 6.45) is 1.67. The fraction of sp³-hybridized carbons (Fsp3) is 0.167. The monoisotopic (exact) mass is 355 g/mol. The zero-order chi connectivity index (χ0) is 16.9. The van der Waals surface area contributed by atoms with Gasteiger partial charge >= 0.3 is 0 Å². The van der Waals surface area contributed by atoms with E-state index in [1.165, 1.54) is 0 Å². The van der Waals surface area contributed by atoms with Gasteiger partial charge < -0.3 is 5.32 Å². The molecule has 0 atom stereocenters. The van der Waals surface area contributed by atoms with Crippen LogP contribution in [-0.2, 0) is 5.75 Å². The number of thiazole rings is 1. The Morgan fingerprint density at radius 3 is 2.67 bits per heavy atom. The molecule has 1 aromatic carbocycles. The summed E-state index contributed by atoms with van der Waals surface area (Å²) in [5.41, 5.74) is 2.65. The molecule has 3 rings (SSSR count). The summed E-state index contributed by atoms with van der Waals surface area (Å²) in [6.45, 7) is 3.93. The van der Waals surface area contributed by atoms with Gasteiger partial charge in [-0.2, -0.15) is 0 Å². The molecular weight excluding hydrogens is 338 g/mol. The second kappa shape index (κ2) is 7.59. The van der Waals surface area contributed by atoms with Gasteiger partial charge in [0.2, 0.25) is 0 Å². The maximum absolute atomic E-state index is 12.3. The van der Waals surface area contributed by atoms with Gasteiger partial charge in [0, 0.05) is 27.8 Å². The molecule has 6 heteroatoms. The van der Waals surface area contributed by atoms with Crippen LogP contribution < -0.4 is 5.32 Å². The number of benzene rings is 1. The van der Waals surface area contributed by atoms with Gasteiger partial charge in [-0.1, -0.05) is 6.07 Å². The van der Waals surface area contributed by atoms with Gasteiger partial charge in [0.1, 0.15) is 5.82 Å². The number of anilines is 1. The lowest BCUT2D eigenvalue weighted by Crippen LogP contribution is -2.13. The number of aryl methyl sites for hydroxylation is 2. The first-order chi connectivity index (χ1) is 11.6. The minimum atomic E-state index is -0.150. The summed E-state index contributed by atoms with van der Waals surface area (Å²) < 4.78 is 0. The van der Waals surface area contributed by atoms with Gasteiger partial charge in [-0.15, -0.1) is 23.1 Å². The highest BCUT2D eigenvalue weighted by Gasteiger charge is 2.08. The molecule has 0 spiro atoms. The average Bonchev–Trinajstić information content (AvgIpc) is 3.01. The Kier molecular flexibility index (Phi) is 5.27. The van der Waals surface area contributed by atoms with Crippen molar-refractivity contribution in [1.82, 2.24) is 9.97 Å². The van der Waals surface area contributed by atoms with Crippen LogP contribution in [0, 0.1) is 13.8 Å². The lowest BCUT2D eigenvalue weighted by Gasteiger charge is -2.07. The molecule has 0 unspecified atom stereocenters. The van der Waals surface area contributed by atoms with Crippen molar-refractivity contribution in [2.45, 2.75) is 24.5 Å². The molecule has 4 nitrogen and oxygen atoms in total. The van der Waals surface area contributed by atoms with E-state index in [1.54, 1.807) is 29.3 Å². The third-order valence-corrected chi connectivity index (χ3v) is 5.28. The van der Waals surface area contributed by atoms with Crippen LogP contribution in [0.3, 0.4) is 0 Å². The van der Waals surface area contributed by atoms with Crippen molar-refractivity contribution in [2.75, 3.05) is 5.32 Å². The number of carbonyl (C=O) groups is 1. The summed E-state index contributed by atoms with van der Waals surface area (Å²) in [5.74, 6) is 1.28. The van der Waals surface area contributed by atoms with E-state index in [4.69, 9.17) is 0 Å². The van der Waals surface area contributed by atoms with Crippen LogP contribution in [0.1, 0.15) is 26.6 Å². The van der Waals surface area contributed by atoms with Gasteiger partial charge in [0.25, 0.3) is 5.91 Å². The predicted molar refractivity (Wildman–Crippen MR) is 99.8 cm³/mol. The number of carbonyl (C=O) groups excluding carboxylic acids is 1. The molecule has 0 bridgehead atoms. The highest BCUT2D eigenvalue weighted by Crippen LogP contribution is 2.24. The van der Waals surface area contributed by atoms with Crippen LogP contribution in [0.25, 0.3) is 0 Å². The first-order valence-electron chi connectivity index (χ1n) is 7.48. The second-order valence-electron chi connectivity index (χ2n) is 5.29. The summed E-state index contributed by atoms with van der Waals surface area (Å²) in [6, 6.07) is 11.4. The van der Waals surface area contributed by atoms with Crippen molar-refractivity contribution in [3.8, 4) is 0 Å². The number of pyridine rings is 1. The van der Waals surface area contributed by atoms with E-state index in [-0.39, 0.29) is 5.91 Å². The maximum atomic E-state index is 12.3. The zero-order valence-electron chi connectivity index (χ0n) is 13.4. The van der Waals surface area contributed by atoms with E-state index in [9.17, 15) is 4.79 Å². The Bertz CT molecular complexity index is 843. The molecule has 0 aliphatic rings. The van der Waals surface area contributed by atoms with Crippen LogP contribution in [0.4, 0.5) is 5.82 Å². The first kappa shape index (κ1) is 16.7. The fourth-order valence-corrected chi connectivity index (χ4v) is 3.64. The van der Waals surface area contributed by atoms with Gasteiger partial charge in [-0.3, -0.25) is 4.79 Å². The normalized spacial score (nSPS) is 10.6. The molecule has 0 radical (unpaired) electrons. The number of nitrogens with zero attached hydrogens (tertiary/aromatic N) is 2. The van der Waals surface area contributed by atoms with Crippen molar-refractivity contribution in [3.63, 3.8) is 0 Å². The molecule has 1 amide bonds. The maximum Gasteiger partial charge on any atom is 0.256 e. The SMILES string of the molecule is Cc1nc(CSc2ccc(C(=O)Nc3ncccc3C)cc2)cs1. The van der Waals surface area contributed by atoms with E-state index >= 15 is 0 Å². The number of thioether (sulfide) groups is 1. The molecular formula is C18H17N3OS2. The number of hydrogen-bond acceptors (Lipinski definition) is 5. The molecule has 1 N–H and O–H groups in total. The Labute approximate surface area is 149 Å². The Hall–Kier alpha value is -2.18. The van der Waals surface area contributed by atoms with Crippen LogP contribution in [-0.4, -0.2) is 15.9 Å². The smallest absolute Gasteiger partial charge is 0.256 e. The van der Waals surface area contributed by atoms with E-state index in [0.29, 0.717) is 11.4 Å². The van der Waals surface area contributed by atoms with E-state index < -0.39 is 0 Å². The minimum absolute atomic E-state index is 0.150. The molecule has 0 saturated carbocycles. The van der Waals surface area contributed by atoms with Crippen LogP contribution >= 0.6 is 23.1 Å². The standard InChI is InChI=1S/C18H17N3OS2/c1-12-4-3-9-19-17(12)21-18(22)14-5-7-16(8-6-14)24-11-15-10-23-13(2)20-15/h3-10H,11H2,1-2H3,(H,19,21,22). The molecule has 0 aliphatic heterocycles. The van der Waals surface area contributed by atoms with Gasteiger partial charge in [-0.05, 0) is 49.7 Å². The summed E-state index contributed by atoms with van der Waals surface area (Å²) in [7, 11) is 0. The van der Waals surface area contributed by atoms with Gasteiger partial charge in [-0.25, -0.2) is 9.97 Å². The van der Waals surface area contributed by atoms with Gasteiger partial charge in [0.15, 0.2) is 0 Å². The summed E-state index contributed by atoms with van der Waals surface area (Å²) in [5, 5.41) is 6.01. The molecule has 0 fully saturated rings. The molecule has 24 heavy (non-hydrogen) atoms. The topological polar surface area (TPSA) is 54.9 Å². The van der Waals surface area contributed by atoms with Crippen LogP contribution in [0.5, 0.6) is 0 Å². The summed E-state index contributed by atoms with van der Waals surface area (Å²) in [4.78, 5) is 22.0. The third kappa shape index (κ3) is 4.21. The lowest BCUT2D eigenvalue weighted by atomic mass is 10.2. The number of hydrogen-bond donors (Lipinski definition) is 1. The predicted octanol–water partition coefficient (Wildman–Crippen LogP) is 4.70. The van der Waals surface area contributed by atoms with Crippen LogP contribution in [0.15, 0.2) is 52.9 Å². The lowest BCUT2D eigenvalue weighted by molar-refractivity contribution is 0.102. The Morgan fingerprint density at radius 1 is 1.21 bits per heavy atom. The molecule has 2 aromatic heterocycles. The van der Waals surface area contributed by atoms with Crippen molar-refractivity contribution in [3.05, 3.63) is 69.8 Å². The van der Waals surface area contributed by atoms with Crippen LogP contribution in [0.2, 0.25) is 0 Å². The number of aromatic nitrogens is 2. The molecule has 2 heterocycles. The minimum Gasteiger partial charge on any atom is -0.306 e. The van der Waals surface area contributed by atoms with Crippen molar-refractivity contribution < 1.29 is 4.79 Å². The van der Waals surface area contributed by atoms with E-state index in [1.807, 2.05) is 50.2 Å². The average molecular weight is 355 g/mol. The van der Waals surface area contributed by atoms with E-state index in [2.05, 4.69) is 20.7 Å². The second-order valence-corrected chi connectivity index (χ2v) is 7.40. The highest BCUT2D eigenvalue weighted by atomic mass is 32.2. The molecule has 3 aromatic rings. The molecule has 122 valence electrons.